The molecule has 0 atom stereocenters. The molecule has 1 aromatic heterocycles. The Morgan fingerprint density at radius 2 is 2.00 bits per heavy atom. The summed E-state index contributed by atoms with van der Waals surface area (Å²) in [5.74, 6) is 0. The largest absolute Gasteiger partial charge is 0.328 e. The van der Waals surface area contributed by atoms with E-state index in [2.05, 4.69) is 4.98 Å². The van der Waals surface area contributed by atoms with Gasteiger partial charge in [0.25, 0.3) is 0 Å². The molecule has 0 fully saturated rings. The van der Waals surface area contributed by atoms with E-state index in [4.69, 9.17) is 11.6 Å². The van der Waals surface area contributed by atoms with E-state index in [-0.39, 0.29) is 5.56 Å². The Balaban J connectivity index is 2.89. The molecule has 1 heterocycles. The number of fused-ring (bicyclic) bond motifs is 1. The van der Waals surface area contributed by atoms with Crippen LogP contribution < -0.4 is 5.56 Å². The first-order chi connectivity index (χ1) is 5.75. The smallest absolute Gasteiger partial charge is 0.248 e. The zero-order valence-electron chi connectivity index (χ0n) is 6.17. The molecule has 3 heteroatoms. The Morgan fingerprint density at radius 1 is 1.17 bits per heavy atom. The lowest BCUT2D eigenvalue weighted by Crippen LogP contribution is -2.01. The van der Waals surface area contributed by atoms with Crippen molar-refractivity contribution >= 4 is 22.4 Å². The second-order valence-corrected chi connectivity index (χ2v) is 3.01. The number of H-pyrrole nitrogens is 1. The van der Waals surface area contributed by atoms with Crippen molar-refractivity contribution in [3.05, 3.63) is 45.8 Å². The zero-order chi connectivity index (χ0) is 8.55. The van der Waals surface area contributed by atoms with Gasteiger partial charge in [0.1, 0.15) is 0 Å². The van der Waals surface area contributed by atoms with Crippen molar-refractivity contribution in [2.75, 3.05) is 0 Å². The highest BCUT2D eigenvalue weighted by molar-refractivity contribution is 6.31. The molecule has 0 amide bonds. The summed E-state index contributed by atoms with van der Waals surface area (Å²) < 4.78 is 0. The first-order valence-electron chi connectivity index (χ1n) is 3.54. The fraction of sp³-hybridized carbons (Fsp3) is 0. The summed E-state index contributed by atoms with van der Waals surface area (Å²) in [5.41, 5.74) is -0.107. The highest BCUT2D eigenvalue weighted by Crippen LogP contribution is 2.16. The molecule has 0 aliphatic rings. The van der Waals surface area contributed by atoms with Gasteiger partial charge in [0.15, 0.2) is 0 Å². The van der Waals surface area contributed by atoms with Crippen molar-refractivity contribution in [3.8, 4) is 0 Å². The Hall–Kier alpha value is -1.28. The molecule has 1 aromatic carbocycles. The number of aromatic amines is 1. The van der Waals surface area contributed by atoms with E-state index in [1.54, 1.807) is 18.3 Å². The van der Waals surface area contributed by atoms with Gasteiger partial charge in [-0.05, 0) is 22.9 Å². The average Bonchev–Trinajstić information content (AvgIpc) is 2.03. The van der Waals surface area contributed by atoms with Gasteiger partial charge in [-0.2, -0.15) is 0 Å². The number of hydrogen-bond donors (Lipinski definition) is 1. The first kappa shape index (κ1) is 7.37. The molecule has 0 spiro atoms. The highest BCUT2D eigenvalue weighted by atomic mass is 35.5. The summed E-state index contributed by atoms with van der Waals surface area (Å²) in [6, 6.07) is 6.96. The van der Waals surface area contributed by atoms with E-state index in [9.17, 15) is 4.79 Å². The van der Waals surface area contributed by atoms with Crippen molar-refractivity contribution in [2.24, 2.45) is 0 Å². The normalized spacial score (nSPS) is 10.4. The van der Waals surface area contributed by atoms with Crippen molar-refractivity contribution in [3.63, 3.8) is 0 Å². The van der Waals surface area contributed by atoms with Crippen LogP contribution in [0.1, 0.15) is 0 Å². The quantitative estimate of drug-likeness (QED) is 0.661. The minimum absolute atomic E-state index is 0.107. The molecule has 0 bridgehead atoms. The Morgan fingerprint density at radius 3 is 2.83 bits per heavy atom. The second-order valence-electron chi connectivity index (χ2n) is 2.57. The topological polar surface area (TPSA) is 32.9 Å². The number of pyridine rings is 1. The summed E-state index contributed by atoms with van der Waals surface area (Å²) in [6.45, 7) is 0. The highest BCUT2D eigenvalue weighted by Gasteiger charge is 1.94. The van der Waals surface area contributed by atoms with Gasteiger partial charge in [0, 0.05) is 17.3 Å². The Kier molecular flexibility index (Phi) is 1.62. The van der Waals surface area contributed by atoms with E-state index in [0.29, 0.717) is 5.02 Å². The van der Waals surface area contributed by atoms with Crippen LogP contribution in [0.5, 0.6) is 0 Å². The number of rotatable bonds is 0. The minimum atomic E-state index is -0.107. The Bertz CT molecular complexity index is 475. The average molecular weight is 180 g/mol. The van der Waals surface area contributed by atoms with Crippen LogP contribution in [0, 0.1) is 0 Å². The molecule has 2 nitrogen and oxygen atoms in total. The molecular weight excluding hydrogens is 174 g/mol. The van der Waals surface area contributed by atoms with Crippen LogP contribution >= 0.6 is 11.6 Å². The predicted octanol–water partition coefficient (Wildman–Crippen LogP) is 2.18. The van der Waals surface area contributed by atoms with E-state index in [1.807, 2.05) is 6.07 Å². The molecule has 12 heavy (non-hydrogen) atoms. The summed E-state index contributed by atoms with van der Waals surface area (Å²) in [7, 11) is 0. The molecule has 0 aliphatic carbocycles. The number of nitrogens with one attached hydrogen (secondary N) is 1. The van der Waals surface area contributed by atoms with Gasteiger partial charge in [0.05, 0.1) is 0 Å². The van der Waals surface area contributed by atoms with E-state index < -0.39 is 0 Å². The lowest BCUT2D eigenvalue weighted by atomic mass is 10.2. The summed E-state index contributed by atoms with van der Waals surface area (Å²) in [5, 5.41) is 2.50. The van der Waals surface area contributed by atoms with Crippen molar-refractivity contribution < 1.29 is 0 Å². The fourth-order valence-electron chi connectivity index (χ4n) is 1.13. The van der Waals surface area contributed by atoms with Crippen LogP contribution in [0.4, 0.5) is 0 Å². The molecule has 60 valence electrons. The summed E-state index contributed by atoms with van der Waals surface area (Å²) in [4.78, 5) is 13.5. The van der Waals surface area contributed by atoms with Gasteiger partial charge >= 0.3 is 0 Å². The maximum Gasteiger partial charge on any atom is 0.248 e. The van der Waals surface area contributed by atoms with Crippen molar-refractivity contribution in [2.45, 2.75) is 0 Å². The standard InChI is InChI=1S/C9H6ClNO/c10-8-2-1-6-5-11-9(12)4-7(6)3-8/h1-5H,(H,11,12). The van der Waals surface area contributed by atoms with Crippen LogP contribution in [0.3, 0.4) is 0 Å². The van der Waals surface area contributed by atoms with Gasteiger partial charge in [-0.1, -0.05) is 17.7 Å². The number of halogens is 1. The van der Waals surface area contributed by atoms with Crippen LogP contribution in [0.2, 0.25) is 5.02 Å². The molecule has 0 saturated carbocycles. The Labute approximate surface area is 73.8 Å². The van der Waals surface area contributed by atoms with Crippen LogP contribution in [0.25, 0.3) is 10.8 Å². The molecule has 2 rings (SSSR count). The predicted molar refractivity (Wildman–Crippen MR) is 49.6 cm³/mol. The maximum atomic E-state index is 10.9. The number of benzene rings is 1. The molecule has 0 saturated heterocycles. The molecule has 0 radical (unpaired) electrons. The van der Waals surface area contributed by atoms with Crippen LogP contribution in [-0.2, 0) is 0 Å². The second kappa shape index (κ2) is 2.64. The molecule has 0 unspecified atom stereocenters. The monoisotopic (exact) mass is 179 g/mol. The fourth-order valence-corrected chi connectivity index (χ4v) is 1.31. The summed E-state index contributed by atoms with van der Waals surface area (Å²) in [6.07, 6.45) is 1.67. The lowest BCUT2D eigenvalue weighted by molar-refractivity contribution is 1.27. The van der Waals surface area contributed by atoms with Crippen LogP contribution in [0.15, 0.2) is 35.3 Å². The van der Waals surface area contributed by atoms with E-state index in [1.165, 1.54) is 6.07 Å². The van der Waals surface area contributed by atoms with Gasteiger partial charge in [-0.25, -0.2) is 0 Å². The summed E-state index contributed by atoms with van der Waals surface area (Å²) >= 11 is 5.76. The third-order valence-corrected chi connectivity index (χ3v) is 1.94. The van der Waals surface area contributed by atoms with Gasteiger partial charge in [-0.15, -0.1) is 0 Å². The molecular formula is C9H6ClNO. The third kappa shape index (κ3) is 1.21. The van der Waals surface area contributed by atoms with Gasteiger partial charge in [-0.3, -0.25) is 4.79 Å². The van der Waals surface area contributed by atoms with Crippen LogP contribution in [-0.4, -0.2) is 4.98 Å². The minimum Gasteiger partial charge on any atom is -0.328 e. The third-order valence-electron chi connectivity index (χ3n) is 1.71. The van der Waals surface area contributed by atoms with Crippen molar-refractivity contribution in [1.29, 1.82) is 0 Å². The van der Waals surface area contributed by atoms with Crippen molar-refractivity contribution in [1.82, 2.24) is 4.98 Å². The zero-order valence-corrected chi connectivity index (χ0v) is 6.93. The molecule has 2 aromatic rings. The SMILES string of the molecule is O=c1cc2cc(Cl)ccc2c[nH]1. The number of aromatic nitrogens is 1. The van der Waals surface area contributed by atoms with Gasteiger partial charge in [0.2, 0.25) is 5.56 Å². The number of hydrogen-bond acceptors (Lipinski definition) is 1. The lowest BCUT2D eigenvalue weighted by Gasteiger charge is -1.95. The van der Waals surface area contributed by atoms with Gasteiger partial charge < -0.3 is 4.98 Å². The molecule has 1 N–H and O–H groups in total. The first-order valence-corrected chi connectivity index (χ1v) is 3.91. The van der Waals surface area contributed by atoms with E-state index >= 15 is 0 Å². The maximum absolute atomic E-state index is 10.9. The van der Waals surface area contributed by atoms with E-state index in [0.717, 1.165) is 10.8 Å². The molecule has 0 aliphatic heterocycles.